The number of halogens is 4. The van der Waals surface area contributed by atoms with Gasteiger partial charge in [-0.25, -0.2) is 13.4 Å². The smallest absolute Gasteiger partial charge is 0.334 e. The molecule has 0 atom stereocenters. The van der Waals surface area contributed by atoms with Crippen molar-refractivity contribution in [2.45, 2.75) is 49.8 Å². The summed E-state index contributed by atoms with van der Waals surface area (Å²) in [4.78, 5) is 17.8. The van der Waals surface area contributed by atoms with Crippen molar-refractivity contribution in [3.63, 3.8) is 0 Å². The summed E-state index contributed by atoms with van der Waals surface area (Å²) >= 11 is 6.17. The highest BCUT2D eigenvalue weighted by atomic mass is 35.5. The van der Waals surface area contributed by atoms with Crippen LogP contribution in [0.5, 0.6) is 0 Å². The van der Waals surface area contributed by atoms with E-state index in [1.54, 1.807) is 0 Å². The van der Waals surface area contributed by atoms with Crippen molar-refractivity contribution in [1.29, 1.82) is 0 Å². The molecule has 1 aromatic carbocycles. The van der Waals surface area contributed by atoms with Crippen LogP contribution in [-0.4, -0.2) is 59.4 Å². The number of hydrogen-bond acceptors (Lipinski definition) is 4. The minimum atomic E-state index is -4.43. The fourth-order valence-corrected chi connectivity index (χ4v) is 5.61. The van der Waals surface area contributed by atoms with Gasteiger partial charge in [-0.15, -0.1) is 0 Å². The van der Waals surface area contributed by atoms with E-state index < -0.39 is 28.7 Å². The Labute approximate surface area is 189 Å². The predicted molar refractivity (Wildman–Crippen MR) is 113 cm³/mol. The first-order valence-corrected chi connectivity index (χ1v) is 11.9. The van der Waals surface area contributed by atoms with Crippen molar-refractivity contribution in [3.8, 4) is 0 Å². The second-order valence-corrected chi connectivity index (χ2v) is 10.0. The van der Waals surface area contributed by atoms with Crippen molar-refractivity contribution in [2.75, 3.05) is 20.1 Å². The lowest BCUT2D eigenvalue weighted by molar-refractivity contribution is -0.141. The van der Waals surface area contributed by atoms with Crippen molar-refractivity contribution >= 4 is 27.5 Å². The summed E-state index contributed by atoms with van der Waals surface area (Å²) in [5.41, 5.74) is 0.0687. The zero-order chi connectivity index (χ0) is 23.5. The van der Waals surface area contributed by atoms with E-state index >= 15 is 0 Å². The number of carbonyl (C=O) groups excluding carboxylic acids is 1. The van der Waals surface area contributed by atoms with Crippen LogP contribution in [0, 0.1) is 0 Å². The zero-order valence-electron chi connectivity index (χ0n) is 17.5. The molecule has 0 aliphatic carbocycles. The molecular weight excluding hydrogens is 469 g/mol. The van der Waals surface area contributed by atoms with Crippen LogP contribution in [0.4, 0.5) is 13.2 Å². The topological polar surface area (TPSA) is 75.5 Å². The lowest BCUT2D eigenvalue weighted by Crippen LogP contribution is -2.32. The molecule has 176 valence electrons. The minimum Gasteiger partial charge on any atom is -0.334 e. The standard InChI is InChI=1S/C20H24ClF3N4O3S/c1-26(13-18-25-8-11-27(18)14-20(22,23)24)19(29)15-6-7-16(21)17(12-15)32(30,31)28-9-4-2-3-5-10-28/h6-8,11-12H,2-5,9-10,13-14H2,1H3. The molecule has 1 saturated heterocycles. The summed E-state index contributed by atoms with van der Waals surface area (Å²) in [6.45, 7) is -0.626. The number of benzene rings is 1. The van der Waals surface area contributed by atoms with Gasteiger partial charge in [-0.3, -0.25) is 4.79 Å². The van der Waals surface area contributed by atoms with Crippen LogP contribution in [0.25, 0.3) is 0 Å². The van der Waals surface area contributed by atoms with Crippen molar-refractivity contribution in [3.05, 3.63) is 47.0 Å². The Morgan fingerprint density at radius 2 is 1.84 bits per heavy atom. The number of carbonyl (C=O) groups is 1. The van der Waals surface area contributed by atoms with Crippen molar-refractivity contribution in [2.24, 2.45) is 0 Å². The van der Waals surface area contributed by atoms with Crippen LogP contribution >= 0.6 is 11.6 Å². The van der Waals surface area contributed by atoms with E-state index in [0.29, 0.717) is 13.1 Å². The molecule has 1 amide bonds. The minimum absolute atomic E-state index is 0.00849. The van der Waals surface area contributed by atoms with Crippen LogP contribution in [0.2, 0.25) is 5.02 Å². The molecule has 1 aliphatic heterocycles. The van der Waals surface area contributed by atoms with Gasteiger partial charge in [-0.2, -0.15) is 17.5 Å². The second-order valence-electron chi connectivity index (χ2n) is 7.71. The Kier molecular flexibility index (Phi) is 7.51. The maximum Gasteiger partial charge on any atom is 0.406 e. The van der Waals surface area contributed by atoms with Gasteiger partial charge in [0, 0.05) is 38.1 Å². The first-order chi connectivity index (χ1) is 15.0. The van der Waals surface area contributed by atoms with Crippen LogP contribution in [-0.2, 0) is 23.1 Å². The third-order valence-electron chi connectivity index (χ3n) is 5.24. The first-order valence-electron chi connectivity index (χ1n) is 10.1. The zero-order valence-corrected chi connectivity index (χ0v) is 19.0. The van der Waals surface area contributed by atoms with Gasteiger partial charge in [0.2, 0.25) is 10.0 Å². The first kappa shape index (κ1) is 24.5. The number of aromatic nitrogens is 2. The Morgan fingerprint density at radius 1 is 1.19 bits per heavy atom. The highest BCUT2D eigenvalue weighted by molar-refractivity contribution is 7.89. The molecule has 0 bridgehead atoms. The molecule has 7 nitrogen and oxygen atoms in total. The molecule has 1 aromatic heterocycles. The molecule has 3 rings (SSSR count). The summed E-state index contributed by atoms with van der Waals surface area (Å²) in [6, 6.07) is 3.96. The molecule has 32 heavy (non-hydrogen) atoms. The lowest BCUT2D eigenvalue weighted by Gasteiger charge is -2.22. The Balaban J connectivity index is 1.81. The fourth-order valence-electron chi connectivity index (χ4n) is 3.59. The van der Waals surface area contributed by atoms with Crippen molar-refractivity contribution in [1.82, 2.24) is 18.8 Å². The van der Waals surface area contributed by atoms with Gasteiger partial charge in [-0.05, 0) is 31.0 Å². The molecule has 1 fully saturated rings. The molecular formula is C20H24ClF3N4O3S. The fraction of sp³-hybridized carbons (Fsp3) is 0.500. The number of sulfonamides is 1. The molecule has 2 aromatic rings. The molecule has 1 aliphatic rings. The summed E-state index contributed by atoms with van der Waals surface area (Å²) in [7, 11) is -2.48. The van der Waals surface area contributed by atoms with E-state index in [4.69, 9.17) is 11.6 Å². The third-order valence-corrected chi connectivity index (χ3v) is 7.62. The van der Waals surface area contributed by atoms with Crippen LogP contribution in [0.1, 0.15) is 41.9 Å². The molecule has 0 unspecified atom stereocenters. The van der Waals surface area contributed by atoms with Gasteiger partial charge >= 0.3 is 6.18 Å². The highest BCUT2D eigenvalue weighted by Crippen LogP contribution is 2.28. The van der Waals surface area contributed by atoms with E-state index in [1.165, 1.54) is 46.8 Å². The number of alkyl halides is 3. The van der Waals surface area contributed by atoms with Gasteiger partial charge in [0.15, 0.2) is 0 Å². The van der Waals surface area contributed by atoms with E-state index in [0.717, 1.165) is 30.3 Å². The van der Waals surface area contributed by atoms with Gasteiger partial charge in [0.05, 0.1) is 11.6 Å². The molecule has 2 heterocycles. The van der Waals surface area contributed by atoms with E-state index in [9.17, 15) is 26.4 Å². The maximum atomic E-state index is 13.1. The van der Waals surface area contributed by atoms with Gasteiger partial charge in [0.1, 0.15) is 17.3 Å². The van der Waals surface area contributed by atoms with Gasteiger partial charge in [-0.1, -0.05) is 24.4 Å². The number of nitrogens with zero attached hydrogens (tertiary/aromatic N) is 4. The Morgan fingerprint density at radius 3 is 2.47 bits per heavy atom. The maximum absolute atomic E-state index is 13.1. The summed E-state index contributed by atoms with van der Waals surface area (Å²) in [5, 5.41) is 0.00849. The van der Waals surface area contributed by atoms with Crippen LogP contribution < -0.4 is 0 Å². The normalized spacial score (nSPS) is 16.0. The Bertz CT molecular complexity index is 1060. The molecule has 12 heteroatoms. The van der Waals surface area contributed by atoms with Gasteiger partial charge in [0.25, 0.3) is 5.91 Å². The van der Waals surface area contributed by atoms with Crippen LogP contribution in [0.15, 0.2) is 35.5 Å². The number of hydrogen-bond donors (Lipinski definition) is 0. The second kappa shape index (κ2) is 9.80. The number of imidazole rings is 1. The SMILES string of the molecule is CN(Cc1nccn1CC(F)(F)F)C(=O)c1ccc(Cl)c(S(=O)(=O)N2CCCCCC2)c1. The molecule has 0 spiro atoms. The van der Waals surface area contributed by atoms with E-state index in [1.807, 2.05) is 0 Å². The van der Waals surface area contributed by atoms with Crippen LogP contribution in [0.3, 0.4) is 0 Å². The average Bonchev–Trinajstić information content (AvgIpc) is 2.96. The summed E-state index contributed by atoms with van der Waals surface area (Å²) < 4.78 is 66.8. The van der Waals surface area contributed by atoms with E-state index in [2.05, 4.69) is 4.98 Å². The molecule has 0 radical (unpaired) electrons. The molecule has 0 saturated carbocycles. The summed E-state index contributed by atoms with van der Waals surface area (Å²) in [6.07, 6.45) is 1.40. The number of amides is 1. The van der Waals surface area contributed by atoms with Gasteiger partial charge < -0.3 is 9.47 Å². The predicted octanol–water partition coefficient (Wildman–Crippen LogP) is 3.94. The van der Waals surface area contributed by atoms with E-state index in [-0.39, 0.29) is 27.9 Å². The lowest BCUT2D eigenvalue weighted by atomic mass is 10.2. The Hall–Kier alpha value is -2.11. The monoisotopic (exact) mass is 492 g/mol. The number of rotatable bonds is 6. The summed E-state index contributed by atoms with van der Waals surface area (Å²) in [5.74, 6) is -0.500. The third kappa shape index (κ3) is 5.81. The highest BCUT2D eigenvalue weighted by Gasteiger charge is 2.30. The molecule has 0 N–H and O–H groups in total. The average molecular weight is 493 g/mol. The quantitative estimate of drug-likeness (QED) is 0.612. The largest absolute Gasteiger partial charge is 0.406 e. The van der Waals surface area contributed by atoms with Crippen molar-refractivity contribution < 1.29 is 26.4 Å².